The fourth-order valence-corrected chi connectivity index (χ4v) is 3.69. The van der Waals surface area contributed by atoms with Crippen molar-refractivity contribution in [3.8, 4) is 28.1 Å². The molecule has 1 fully saturated rings. The van der Waals surface area contributed by atoms with Gasteiger partial charge in [-0.25, -0.2) is 9.37 Å². The zero-order valence-corrected chi connectivity index (χ0v) is 16.7. The van der Waals surface area contributed by atoms with Gasteiger partial charge in [-0.05, 0) is 66.4 Å². The van der Waals surface area contributed by atoms with Gasteiger partial charge in [0.05, 0.1) is 11.8 Å². The van der Waals surface area contributed by atoms with Gasteiger partial charge in [0, 0.05) is 23.2 Å². The number of nitrogens with zero attached hydrogens (tertiary/aromatic N) is 1. The van der Waals surface area contributed by atoms with Crippen molar-refractivity contribution in [3.05, 3.63) is 64.9 Å². The maximum Gasteiger partial charge on any atom is 0.127 e. The molecular formula is C22H20BrFN2O2. The van der Waals surface area contributed by atoms with Gasteiger partial charge in [0.25, 0.3) is 0 Å². The average molecular weight is 443 g/mol. The summed E-state index contributed by atoms with van der Waals surface area (Å²) in [5, 5.41) is 13.7. The molecule has 1 aliphatic rings. The molecule has 2 aromatic carbocycles. The molecule has 1 aliphatic heterocycles. The van der Waals surface area contributed by atoms with Crippen molar-refractivity contribution in [1.82, 2.24) is 4.98 Å². The summed E-state index contributed by atoms with van der Waals surface area (Å²) in [5.74, 6) is 0.499. The highest BCUT2D eigenvalue weighted by Crippen LogP contribution is 2.34. The number of aromatic hydroxyl groups is 1. The Morgan fingerprint density at radius 3 is 2.82 bits per heavy atom. The number of benzene rings is 2. The molecule has 1 aromatic heterocycles. The van der Waals surface area contributed by atoms with Crippen LogP contribution in [0.15, 0.2) is 59.1 Å². The second kappa shape index (κ2) is 8.29. The Labute approximate surface area is 171 Å². The number of halogens is 2. The molecule has 1 saturated heterocycles. The van der Waals surface area contributed by atoms with Crippen molar-refractivity contribution in [2.75, 3.05) is 18.5 Å². The van der Waals surface area contributed by atoms with E-state index in [9.17, 15) is 9.50 Å². The lowest BCUT2D eigenvalue weighted by molar-refractivity contribution is 0.120. The van der Waals surface area contributed by atoms with Crippen LogP contribution in [0.1, 0.15) is 12.8 Å². The largest absolute Gasteiger partial charge is 0.507 e. The molecule has 0 bridgehead atoms. The van der Waals surface area contributed by atoms with Crippen molar-refractivity contribution in [3.63, 3.8) is 0 Å². The summed E-state index contributed by atoms with van der Waals surface area (Å²) in [6.45, 7) is 1.45. The van der Waals surface area contributed by atoms with Gasteiger partial charge in [0.1, 0.15) is 17.4 Å². The average Bonchev–Trinajstić information content (AvgIpc) is 3.22. The first kappa shape index (κ1) is 18.9. The van der Waals surface area contributed by atoms with Gasteiger partial charge < -0.3 is 15.2 Å². The van der Waals surface area contributed by atoms with Crippen LogP contribution in [0.25, 0.3) is 22.4 Å². The quantitative estimate of drug-likeness (QED) is 0.538. The third kappa shape index (κ3) is 4.34. The summed E-state index contributed by atoms with van der Waals surface area (Å²) in [7, 11) is 0. The monoisotopic (exact) mass is 442 g/mol. The first-order chi connectivity index (χ1) is 13.6. The molecule has 2 heterocycles. The Bertz CT molecular complexity index is 990. The van der Waals surface area contributed by atoms with Crippen LogP contribution in [0.4, 0.5) is 10.2 Å². The summed E-state index contributed by atoms with van der Waals surface area (Å²) < 4.78 is 20.3. The van der Waals surface area contributed by atoms with E-state index in [0.29, 0.717) is 23.6 Å². The van der Waals surface area contributed by atoms with Crippen molar-refractivity contribution in [2.24, 2.45) is 0 Å². The first-order valence-electron chi connectivity index (χ1n) is 9.21. The third-order valence-electron chi connectivity index (χ3n) is 4.75. The fraction of sp³-hybridized carbons (Fsp3) is 0.227. The van der Waals surface area contributed by atoms with E-state index in [4.69, 9.17) is 4.74 Å². The number of aromatic nitrogens is 1. The number of ether oxygens (including phenoxy) is 1. The zero-order valence-electron chi connectivity index (χ0n) is 15.2. The van der Waals surface area contributed by atoms with E-state index in [1.165, 1.54) is 12.1 Å². The molecule has 4 nitrogen and oxygen atoms in total. The van der Waals surface area contributed by atoms with Crippen LogP contribution in [0.3, 0.4) is 0 Å². The zero-order chi connectivity index (χ0) is 19.5. The Kier molecular flexibility index (Phi) is 5.59. The molecule has 0 saturated carbocycles. The number of pyridine rings is 1. The minimum Gasteiger partial charge on any atom is -0.507 e. The van der Waals surface area contributed by atoms with Gasteiger partial charge in [0.2, 0.25) is 0 Å². The predicted molar refractivity (Wildman–Crippen MR) is 112 cm³/mol. The highest BCUT2D eigenvalue weighted by atomic mass is 79.9. The summed E-state index contributed by atoms with van der Waals surface area (Å²) in [5.41, 5.74) is 2.78. The van der Waals surface area contributed by atoms with Crippen molar-refractivity contribution >= 4 is 21.7 Å². The van der Waals surface area contributed by atoms with Crippen LogP contribution < -0.4 is 5.32 Å². The molecule has 0 radical (unpaired) electrons. The molecule has 1 unspecified atom stereocenters. The number of hydrogen-bond acceptors (Lipinski definition) is 4. The molecule has 28 heavy (non-hydrogen) atoms. The topological polar surface area (TPSA) is 54.4 Å². The van der Waals surface area contributed by atoms with E-state index in [2.05, 4.69) is 26.2 Å². The summed E-state index contributed by atoms with van der Waals surface area (Å²) in [6, 6.07) is 15.4. The molecule has 0 amide bonds. The highest BCUT2D eigenvalue weighted by Gasteiger charge is 2.16. The van der Waals surface area contributed by atoms with E-state index < -0.39 is 0 Å². The summed E-state index contributed by atoms with van der Waals surface area (Å²) in [4.78, 5) is 4.67. The van der Waals surface area contributed by atoms with E-state index >= 15 is 0 Å². The number of anilines is 1. The second-order valence-electron chi connectivity index (χ2n) is 6.81. The van der Waals surface area contributed by atoms with Crippen LogP contribution in [-0.4, -0.2) is 29.3 Å². The molecule has 4 rings (SSSR count). The SMILES string of the molecule is Oc1ccc(Br)cc1-c1cc(-c2cccc(F)c2)cc(NCC2CCCO2)n1. The maximum absolute atomic E-state index is 13.8. The minimum absolute atomic E-state index is 0.136. The summed E-state index contributed by atoms with van der Waals surface area (Å²) >= 11 is 3.44. The normalized spacial score (nSPS) is 16.3. The van der Waals surface area contributed by atoms with Crippen molar-refractivity contribution < 1.29 is 14.2 Å². The highest BCUT2D eigenvalue weighted by molar-refractivity contribution is 9.10. The van der Waals surface area contributed by atoms with Gasteiger partial charge in [-0.3, -0.25) is 0 Å². The molecule has 2 N–H and O–H groups in total. The van der Waals surface area contributed by atoms with Crippen LogP contribution >= 0.6 is 15.9 Å². The molecule has 0 aliphatic carbocycles. The predicted octanol–water partition coefficient (Wildman–Crippen LogP) is 5.61. The summed E-state index contributed by atoms with van der Waals surface area (Å²) in [6.07, 6.45) is 2.26. The number of rotatable bonds is 5. The van der Waals surface area contributed by atoms with Crippen molar-refractivity contribution in [2.45, 2.75) is 18.9 Å². The molecule has 1 atom stereocenters. The van der Waals surface area contributed by atoms with E-state index in [1.807, 2.05) is 24.3 Å². The van der Waals surface area contributed by atoms with Gasteiger partial charge in [0.15, 0.2) is 0 Å². The lowest BCUT2D eigenvalue weighted by Crippen LogP contribution is -2.19. The maximum atomic E-state index is 13.8. The van der Waals surface area contributed by atoms with Crippen LogP contribution in [-0.2, 0) is 4.74 Å². The Hall–Kier alpha value is -2.44. The van der Waals surface area contributed by atoms with Crippen LogP contribution in [0.5, 0.6) is 5.75 Å². The Morgan fingerprint density at radius 2 is 2.04 bits per heavy atom. The third-order valence-corrected chi connectivity index (χ3v) is 5.25. The van der Waals surface area contributed by atoms with Gasteiger partial charge in [-0.2, -0.15) is 0 Å². The molecule has 144 valence electrons. The second-order valence-corrected chi connectivity index (χ2v) is 7.73. The molecule has 6 heteroatoms. The van der Waals surface area contributed by atoms with Crippen molar-refractivity contribution in [1.29, 1.82) is 0 Å². The lowest BCUT2D eigenvalue weighted by atomic mass is 10.0. The number of phenolic OH excluding ortho intramolecular Hbond substituents is 1. The lowest BCUT2D eigenvalue weighted by Gasteiger charge is -2.15. The smallest absolute Gasteiger partial charge is 0.127 e. The van der Waals surface area contributed by atoms with E-state index in [0.717, 1.165) is 35.0 Å². The van der Waals surface area contributed by atoms with Gasteiger partial charge >= 0.3 is 0 Å². The first-order valence-corrected chi connectivity index (χ1v) is 10.0. The van der Waals surface area contributed by atoms with E-state index in [1.54, 1.807) is 18.2 Å². The Balaban J connectivity index is 1.74. The Morgan fingerprint density at radius 1 is 1.14 bits per heavy atom. The molecule has 3 aromatic rings. The van der Waals surface area contributed by atoms with E-state index in [-0.39, 0.29) is 17.7 Å². The van der Waals surface area contributed by atoms with Gasteiger partial charge in [-0.15, -0.1) is 0 Å². The van der Waals surface area contributed by atoms with Gasteiger partial charge in [-0.1, -0.05) is 28.1 Å². The number of phenols is 1. The molecule has 0 spiro atoms. The van der Waals surface area contributed by atoms with Crippen LogP contribution in [0, 0.1) is 5.82 Å². The fourth-order valence-electron chi connectivity index (χ4n) is 3.33. The standard InChI is InChI=1S/C22H20BrFN2O2/c23-16-6-7-21(27)19(12-16)20-10-15(14-3-1-4-17(24)9-14)11-22(26-20)25-13-18-5-2-8-28-18/h1,3-4,6-7,9-12,18,27H,2,5,8,13H2,(H,25,26). The minimum atomic E-state index is -0.296. The van der Waals surface area contributed by atoms with Crippen LogP contribution in [0.2, 0.25) is 0 Å². The number of hydrogen-bond donors (Lipinski definition) is 2. The molecular weight excluding hydrogens is 423 g/mol. The number of nitrogens with one attached hydrogen (secondary N) is 1.